The summed E-state index contributed by atoms with van der Waals surface area (Å²) in [6.45, 7) is 10.1. The number of rotatable bonds is 8. The highest BCUT2D eigenvalue weighted by atomic mass is 32.2. The van der Waals surface area contributed by atoms with Gasteiger partial charge in [-0.3, -0.25) is 9.59 Å². The van der Waals surface area contributed by atoms with E-state index in [2.05, 4.69) is 4.72 Å². The first kappa shape index (κ1) is 22.8. The summed E-state index contributed by atoms with van der Waals surface area (Å²) in [5, 5.41) is 0. The van der Waals surface area contributed by atoms with Crippen LogP contribution in [0.5, 0.6) is 0 Å². The SMILES string of the molecule is CC(C)(C)OC(=O)CC[C@H](NS(=O)(=O)CCN)C(=O)OC(C)(C)C. The quantitative estimate of drug-likeness (QED) is 0.606. The minimum absolute atomic E-state index is 0.0619. The van der Waals surface area contributed by atoms with Gasteiger partial charge in [0.2, 0.25) is 10.0 Å². The summed E-state index contributed by atoms with van der Waals surface area (Å²) in [5.74, 6) is -1.58. The van der Waals surface area contributed by atoms with Crippen molar-refractivity contribution in [3.8, 4) is 0 Å². The van der Waals surface area contributed by atoms with E-state index in [1.165, 1.54) is 0 Å². The van der Waals surface area contributed by atoms with Crippen molar-refractivity contribution < 1.29 is 27.5 Å². The van der Waals surface area contributed by atoms with Crippen molar-refractivity contribution in [3.05, 3.63) is 0 Å². The maximum absolute atomic E-state index is 12.2. The van der Waals surface area contributed by atoms with Crippen molar-refractivity contribution in [3.63, 3.8) is 0 Å². The molecule has 0 heterocycles. The highest BCUT2D eigenvalue weighted by molar-refractivity contribution is 7.89. The number of carbonyl (C=O) groups excluding carboxylic acids is 2. The first-order valence-electron chi connectivity index (χ1n) is 7.80. The van der Waals surface area contributed by atoms with Gasteiger partial charge in [-0.15, -0.1) is 0 Å². The second-order valence-corrected chi connectivity index (χ2v) is 9.31. The molecular weight excluding hydrogens is 336 g/mol. The second kappa shape index (κ2) is 8.77. The summed E-state index contributed by atoms with van der Waals surface area (Å²) in [4.78, 5) is 24.0. The lowest BCUT2D eigenvalue weighted by Gasteiger charge is -2.25. The van der Waals surface area contributed by atoms with Crippen LogP contribution in [-0.2, 0) is 29.1 Å². The highest BCUT2D eigenvalue weighted by Gasteiger charge is 2.30. The van der Waals surface area contributed by atoms with Crippen molar-refractivity contribution in [1.29, 1.82) is 0 Å². The standard InChI is InChI=1S/C15H30N2O6S/c1-14(2,3)22-12(18)8-7-11(13(19)23-15(4,5)6)17-24(20,21)10-9-16/h11,17H,7-10,16H2,1-6H3/t11-/m0/s1. The second-order valence-electron chi connectivity index (χ2n) is 7.44. The zero-order chi connectivity index (χ0) is 19.2. The lowest BCUT2D eigenvalue weighted by molar-refractivity contribution is -0.158. The molecule has 0 aliphatic rings. The number of nitrogens with one attached hydrogen (secondary N) is 1. The molecule has 0 rings (SSSR count). The number of ether oxygens (including phenoxy) is 2. The van der Waals surface area contributed by atoms with Crippen molar-refractivity contribution in [2.45, 2.75) is 71.6 Å². The first-order valence-corrected chi connectivity index (χ1v) is 9.45. The topological polar surface area (TPSA) is 125 Å². The highest BCUT2D eigenvalue weighted by Crippen LogP contribution is 2.14. The maximum atomic E-state index is 12.2. The average Bonchev–Trinajstić information content (AvgIpc) is 2.29. The third-order valence-corrected chi connectivity index (χ3v) is 3.87. The molecule has 24 heavy (non-hydrogen) atoms. The molecule has 0 unspecified atom stereocenters. The summed E-state index contributed by atoms with van der Waals surface area (Å²) in [6, 6.07) is -1.17. The minimum atomic E-state index is -3.74. The monoisotopic (exact) mass is 366 g/mol. The Hall–Kier alpha value is -1.19. The maximum Gasteiger partial charge on any atom is 0.324 e. The predicted molar refractivity (Wildman–Crippen MR) is 90.7 cm³/mol. The molecular formula is C15H30N2O6S. The zero-order valence-electron chi connectivity index (χ0n) is 15.3. The summed E-state index contributed by atoms with van der Waals surface area (Å²) in [6.07, 6.45) is -0.181. The van der Waals surface area contributed by atoms with E-state index in [0.29, 0.717) is 0 Å². The zero-order valence-corrected chi connectivity index (χ0v) is 16.2. The van der Waals surface area contributed by atoms with Crippen molar-refractivity contribution >= 4 is 22.0 Å². The fraction of sp³-hybridized carbons (Fsp3) is 0.867. The van der Waals surface area contributed by atoms with E-state index in [-0.39, 0.29) is 25.1 Å². The van der Waals surface area contributed by atoms with E-state index < -0.39 is 39.2 Å². The van der Waals surface area contributed by atoms with Crippen LogP contribution >= 0.6 is 0 Å². The number of hydrogen-bond donors (Lipinski definition) is 2. The normalized spacial score (nSPS) is 14.1. The van der Waals surface area contributed by atoms with Gasteiger partial charge < -0.3 is 15.2 Å². The number of hydrogen-bond acceptors (Lipinski definition) is 7. The van der Waals surface area contributed by atoms with Crippen molar-refractivity contribution in [2.24, 2.45) is 5.73 Å². The van der Waals surface area contributed by atoms with Gasteiger partial charge in [-0.2, -0.15) is 0 Å². The Morgan fingerprint density at radius 1 is 1.04 bits per heavy atom. The molecule has 1 atom stereocenters. The first-order chi connectivity index (χ1) is 10.7. The van der Waals surface area contributed by atoms with Gasteiger partial charge in [0.05, 0.1) is 5.75 Å². The molecule has 8 nitrogen and oxygen atoms in total. The molecule has 0 aromatic carbocycles. The molecule has 0 bridgehead atoms. The van der Waals surface area contributed by atoms with Crippen molar-refractivity contribution in [2.75, 3.05) is 12.3 Å². The lowest BCUT2D eigenvalue weighted by atomic mass is 10.1. The number of sulfonamides is 1. The van der Waals surface area contributed by atoms with Crippen LogP contribution in [0.4, 0.5) is 0 Å². The van der Waals surface area contributed by atoms with Crippen LogP contribution in [0, 0.1) is 0 Å². The van der Waals surface area contributed by atoms with E-state index >= 15 is 0 Å². The number of esters is 2. The average molecular weight is 366 g/mol. The van der Waals surface area contributed by atoms with Gasteiger partial charge in [0.1, 0.15) is 17.2 Å². The largest absolute Gasteiger partial charge is 0.460 e. The molecule has 0 aromatic rings. The molecule has 0 amide bonds. The summed E-state index contributed by atoms with van der Waals surface area (Å²) in [7, 11) is -3.74. The van der Waals surface area contributed by atoms with Crippen LogP contribution < -0.4 is 10.5 Å². The molecule has 0 aliphatic heterocycles. The van der Waals surface area contributed by atoms with Crippen LogP contribution in [-0.4, -0.2) is 49.9 Å². The van der Waals surface area contributed by atoms with Crippen molar-refractivity contribution in [1.82, 2.24) is 4.72 Å². The number of nitrogens with two attached hydrogens (primary N) is 1. The minimum Gasteiger partial charge on any atom is -0.460 e. The van der Waals surface area contributed by atoms with Gasteiger partial charge in [0.15, 0.2) is 0 Å². The summed E-state index contributed by atoms with van der Waals surface area (Å²) >= 11 is 0. The Kier molecular flexibility index (Phi) is 8.34. The third-order valence-electron chi connectivity index (χ3n) is 2.46. The van der Waals surface area contributed by atoms with Gasteiger partial charge in [-0.05, 0) is 48.0 Å². The van der Waals surface area contributed by atoms with Crippen LogP contribution in [0.2, 0.25) is 0 Å². The fourth-order valence-electron chi connectivity index (χ4n) is 1.68. The molecule has 0 saturated heterocycles. The van der Waals surface area contributed by atoms with Gasteiger partial charge in [0, 0.05) is 13.0 Å². The fourth-order valence-corrected chi connectivity index (χ4v) is 2.76. The third kappa shape index (κ3) is 11.4. The van der Waals surface area contributed by atoms with Gasteiger partial charge in [0.25, 0.3) is 0 Å². The van der Waals surface area contributed by atoms with Crippen LogP contribution in [0.1, 0.15) is 54.4 Å². The van der Waals surface area contributed by atoms with Gasteiger partial charge >= 0.3 is 11.9 Å². The van der Waals surface area contributed by atoms with Gasteiger partial charge in [-0.25, -0.2) is 13.1 Å². The van der Waals surface area contributed by atoms with E-state index in [4.69, 9.17) is 15.2 Å². The van der Waals surface area contributed by atoms with E-state index in [1.54, 1.807) is 41.5 Å². The van der Waals surface area contributed by atoms with E-state index in [0.717, 1.165) is 0 Å². The number of carbonyl (C=O) groups is 2. The van der Waals surface area contributed by atoms with E-state index in [9.17, 15) is 18.0 Å². The summed E-state index contributed by atoms with van der Waals surface area (Å²) < 4.78 is 36.3. The van der Waals surface area contributed by atoms with Crippen LogP contribution in [0.15, 0.2) is 0 Å². The molecule has 0 aromatic heterocycles. The Labute approximate surface area is 144 Å². The Morgan fingerprint density at radius 2 is 1.54 bits per heavy atom. The molecule has 3 N–H and O–H groups in total. The smallest absolute Gasteiger partial charge is 0.324 e. The van der Waals surface area contributed by atoms with E-state index in [1.807, 2.05) is 0 Å². The molecule has 0 saturated carbocycles. The Bertz CT molecular complexity index is 531. The molecule has 9 heteroatoms. The Morgan fingerprint density at radius 3 is 1.96 bits per heavy atom. The molecule has 0 aliphatic carbocycles. The van der Waals surface area contributed by atoms with Crippen LogP contribution in [0.3, 0.4) is 0 Å². The molecule has 0 spiro atoms. The van der Waals surface area contributed by atoms with Gasteiger partial charge in [-0.1, -0.05) is 0 Å². The van der Waals surface area contributed by atoms with Crippen LogP contribution in [0.25, 0.3) is 0 Å². The molecule has 0 radical (unpaired) electrons. The molecule has 142 valence electrons. The predicted octanol–water partition coefficient (Wildman–Crippen LogP) is 0.697. The lowest BCUT2D eigenvalue weighted by Crippen LogP contribution is -2.46. The molecule has 0 fully saturated rings. The Balaban J connectivity index is 4.99. The summed E-state index contributed by atoms with van der Waals surface area (Å²) in [5.41, 5.74) is 3.82.